The van der Waals surface area contributed by atoms with E-state index < -0.39 is 22.7 Å². The van der Waals surface area contributed by atoms with Gasteiger partial charge in [0.25, 0.3) is 0 Å². The van der Waals surface area contributed by atoms with Crippen molar-refractivity contribution < 1.29 is 14.3 Å². The number of methoxy groups -OCH3 is 1. The summed E-state index contributed by atoms with van der Waals surface area (Å²) in [5, 5.41) is 16.5. The number of rotatable bonds is 5. The minimum atomic E-state index is -0.587. The number of urea groups is 1. The summed E-state index contributed by atoms with van der Waals surface area (Å²) in [7, 11) is 1.56. The first-order valence-corrected chi connectivity index (χ1v) is 9.21. The Labute approximate surface area is 162 Å². The van der Waals surface area contributed by atoms with Crippen molar-refractivity contribution in [3.63, 3.8) is 0 Å². The van der Waals surface area contributed by atoms with Gasteiger partial charge in [-0.05, 0) is 62.7 Å². The number of hydrogen-bond acceptors (Lipinski definition) is 7. The van der Waals surface area contributed by atoms with Gasteiger partial charge in [0.1, 0.15) is 11.4 Å². The number of aryl methyl sites for hydroxylation is 1. The average Bonchev–Trinajstić information content (AvgIpc) is 3.00. The zero-order chi connectivity index (χ0) is 20.2. The van der Waals surface area contributed by atoms with Crippen LogP contribution in [0.2, 0.25) is 0 Å². The van der Waals surface area contributed by atoms with Gasteiger partial charge < -0.3 is 10.1 Å². The third kappa shape index (κ3) is 5.68. The fourth-order valence-corrected chi connectivity index (χ4v) is 2.97. The van der Waals surface area contributed by atoms with Crippen LogP contribution in [0.5, 0.6) is 5.75 Å². The fraction of sp³-hybridized carbons (Fsp3) is 0.471. The van der Waals surface area contributed by atoms with Crippen LogP contribution in [0.15, 0.2) is 23.4 Å². The molecule has 0 radical (unpaired) electrons. The molecule has 9 nitrogen and oxygen atoms in total. The van der Waals surface area contributed by atoms with Gasteiger partial charge in [-0.3, -0.25) is 10.1 Å². The number of tetrazole rings is 1. The summed E-state index contributed by atoms with van der Waals surface area (Å²) >= 11 is 1.14. The van der Waals surface area contributed by atoms with E-state index in [0.717, 1.165) is 17.3 Å². The van der Waals surface area contributed by atoms with E-state index in [1.54, 1.807) is 14.0 Å². The van der Waals surface area contributed by atoms with E-state index in [9.17, 15) is 9.59 Å². The molecule has 146 valence electrons. The van der Waals surface area contributed by atoms with Crippen LogP contribution in [0.3, 0.4) is 0 Å². The first-order valence-electron chi connectivity index (χ1n) is 8.34. The monoisotopic (exact) mass is 392 g/mol. The predicted octanol–water partition coefficient (Wildman–Crippen LogP) is 2.08. The highest BCUT2D eigenvalue weighted by atomic mass is 32.2. The summed E-state index contributed by atoms with van der Waals surface area (Å²) in [4.78, 5) is 24.2. The normalized spacial score (nSPS) is 12.4. The molecule has 0 unspecified atom stereocenters. The molecule has 0 aliphatic carbocycles. The zero-order valence-electron chi connectivity index (χ0n) is 16.2. The molecule has 2 rings (SSSR count). The van der Waals surface area contributed by atoms with E-state index in [4.69, 9.17) is 4.74 Å². The number of aromatic nitrogens is 4. The van der Waals surface area contributed by atoms with Crippen LogP contribution in [0.1, 0.15) is 33.3 Å². The fourth-order valence-electron chi connectivity index (χ4n) is 2.17. The minimum absolute atomic E-state index is 0.415. The molecule has 1 aromatic carbocycles. The summed E-state index contributed by atoms with van der Waals surface area (Å²) in [6.45, 7) is 9.12. The van der Waals surface area contributed by atoms with Gasteiger partial charge in [-0.1, -0.05) is 17.8 Å². The van der Waals surface area contributed by atoms with Crippen LogP contribution >= 0.6 is 11.8 Å². The third-order valence-electron chi connectivity index (χ3n) is 3.38. The van der Waals surface area contributed by atoms with Crippen molar-refractivity contribution >= 4 is 23.7 Å². The maximum atomic E-state index is 12.3. The molecule has 2 aromatic rings. The lowest BCUT2D eigenvalue weighted by molar-refractivity contribution is -0.119. The van der Waals surface area contributed by atoms with E-state index in [1.165, 1.54) is 4.68 Å². The number of ether oxygens (including phenoxy) is 1. The molecule has 0 bridgehead atoms. The molecule has 3 amide bonds. The summed E-state index contributed by atoms with van der Waals surface area (Å²) < 4.78 is 6.88. The first-order chi connectivity index (χ1) is 12.6. The van der Waals surface area contributed by atoms with Gasteiger partial charge in [-0.25, -0.2) is 4.79 Å². The molecule has 0 aliphatic rings. The molecule has 0 aliphatic heterocycles. The predicted molar refractivity (Wildman–Crippen MR) is 102 cm³/mol. The Morgan fingerprint density at radius 2 is 2.00 bits per heavy atom. The Morgan fingerprint density at radius 3 is 2.63 bits per heavy atom. The van der Waals surface area contributed by atoms with Gasteiger partial charge in [0, 0.05) is 5.54 Å². The van der Waals surface area contributed by atoms with Gasteiger partial charge in [0.15, 0.2) is 0 Å². The molecule has 1 atom stereocenters. The maximum Gasteiger partial charge on any atom is 0.321 e. The summed E-state index contributed by atoms with van der Waals surface area (Å²) in [6, 6.07) is 5.10. The number of imide groups is 1. The Balaban J connectivity index is 2.13. The molecule has 0 spiro atoms. The van der Waals surface area contributed by atoms with E-state index in [0.29, 0.717) is 16.6 Å². The van der Waals surface area contributed by atoms with E-state index >= 15 is 0 Å². The number of nitrogens with one attached hydrogen (secondary N) is 2. The van der Waals surface area contributed by atoms with Crippen LogP contribution < -0.4 is 15.4 Å². The van der Waals surface area contributed by atoms with Crippen molar-refractivity contribution in [3.8, 4) is 11.4 Å². The second-order valence-electron chi connectivity index (χ2n) is 7.00. The molecule has 2 N–H and O–H groups in total. The summed E-state index contributed by atoms with van der Waals surface area (Å²) in [5.41, 5.74) is 1.25. The lowest BCUT2D eigenvalue weighted by Gasteiger charge is -2.21. The number of amides is 3. The Bertz CT molecular complexity index is 830. The third-order valence-corrected chi connectivity index (χ3v) is 4.41. The standard InChI is InChI=1S/C17H24N6O3S/c1-10-7-8-13(26-6)12(9-10)23-16(20-21-22-23)27-11(2)14(24)18-15(25)19-17(3,4)5/h7-9,11H,1-6H3,(H2,18,19,24,25)/t11-/m0/s1. The van der Waals surface area contributed by atoms with Gasteiger partial charge in [-0.15, -0.1) is 5.10 Å². The molecule has 27 heavy (non-hydrogen) atoms. The van der Waals surface area contributed by atoms with Crippen molar-refractivity contribution in [1.82, 2.24) is 30.8 Å². The van der Waals surface area contributed by atoms with Crippen molar-refractivity contribution in [3.05, 3.63) is 23.8 Å². The van der Waals surface area contributed by atoms with E-state index in [1.807, 2.05) is 45.9 Å². The summed E-state index contributed by atoms with van der Waals surface area (Å²) in [6.07, 6.45) is 0. The van der Waals surface area contributed by atoms with Crippen LogP contribution in [0, 0.1) is 6.92 Å². The van der Waals surface area contributed by atoms with Gasteiger partial charge >= 0.3 is 6.03 Å². The molecule has 1 heterocycles. The molecule has 1 aromatic heterocycles. The maximum absolute atomic E-state index is 12.3. The second kappa shape index (κ2) is 8.38. The van der Waals surface area contributed by atoms with Gasteiger partial charge in [0.05, 0.1) is 12.4 Å². The van der Waals surface area contributed by atoms with Crippen LogP contribution in [0.25, 0.3) is 5.69 Å². The first kappa shape index (κ1) is 20.7. The van der Waals surface area contributed by atoms with E-state index in [-0.39, 0.29) is 0 Å². The van der Waals surface area contributed by atoms with Gasteiger partial charge in [0.2, 0.25) is 11.1 Å². The molecule has 0 saturated heterocycles. The van der Waals surface area contributed by atoms with Crippen LogP contribution in [-0.4, -0.2) is 50.0 Å². The molecular weight excluding hydrogens is 368 g/mol. The van der Waals surface area contributed by atoms with Crippen molar-refractivity contribution in [2.75, 3.05) is 7.11 Å². The topological polar surface area (TPSA) is 111 Å². The second-order valence-corrected chi connectivity index (χ2v) is 8.31. The highest BCUT2D eigenvalue weighted by Crippen LogP contribution is 2.28. The molecule has 0 fully saturated rings. The lowest BCUT2D eigenvalue weighted by atomic mass is 10.1. The number of benzene rings is 1. The van der Waals surface area contributed by atoms with Crippen molar-refractivity contribution in [2.24, 2.45) is 0 Å². The van der Waals surface area contributed by atoms with Crippen molar-refractivity contribution in [2.45, 2.75) is 50.6 Å². The van der Waals surface area contributed by atoms with E-state index in [2.05, 4.69) is 26.2 Å². The number of nitrogens with zero attached hydrogens (tertiary/aromatic N) is 4. The highest BCUT2D eigenvalue weighted by Gasteiger charge is 2.23. The quantitative estimate of drug-likeness (QED) is 0.750. The number of thioether (sulfide) groups is 1. The molecular formula is C17H24N6O3S. The van der Waals surface area contributed by atoms with Crippen molar-refractivity contribution in [1.29, 1.82) is 0 Å². The van der Waals surface area contributed by atoms with Crippen LogP contribution in [-0.2, 0) is 4.79 Å². The Morgan fingerprint density at radius 1 is 1.30 bits per heavy atom. The number of carbonyl (C=O) groups excluding carboxylic acids is 2. The molecule has 0 saturated carbocycles. The summed E-state index contributed by atoms with van der Waals surface area (Å²) in [5.74, 6) is 0.170. The largest absolute Gasteiger partial charge is 0.494 e. The SMILES string of the molecule is COc1ccc(C)cc1-n1nnnc1S[C@@H](C)C(=O)NC(=O)NC(C)(C)C. The smallest absolute Gasteiger partial charge is 0.321 e. The number of carbonyl (C=O) groups is 2. The zero-order valence-corrected chi connectivity index (χ0v) is 17.0. The Kier molecular flexibility index (Phi) is 6.42. The lowest BCUT2D eigenvalue weighted by Crippen LogP contribution is -2.49. The Hall–Kier alpha value is -2.62. The molecule has 10 heteroatoms. The van der Waals surface area contributed by atoms with Gasteiger partial charge in [-0.2, -0.15) is 4.68 Å². The van der Waals surface area contributed by atoms with Crippen LogP contribution in [0.4, 0.5) is 4.79 Å². The average molecular weight is 392 g/mol. The number of hydrogen-bond donors (Lipinski definition) is 2. The minimum Gasteiger partial charge on any atom is -0.494 e. The highest BCUT2D eigenvalue weighted by molar-refractivity contribution is 8.00.